The topological polar surface area (TPSA) is 24.9 Å². The first-order chi connectivity index (χ1) is 10.8. The molecule has 3 aromatic rings. The first-order valence-electron chi connectivity index (χ1n) is 7.32. The highest BCUT2D eigenvalue weighted by Gasteiger charge is 2.26. The molecule has 1 N–H and O–H groups in total. The summed E-state index contributed by atoms with van der Waals surface area (Å²) in [4.78, 5) is 5.87. The van der Waals surface area contributed by atoms with Crippen molar-refractivity contribution in [3.8, 4) is 11.3 Å². The van der Waals surface area contributed by atoms with Gasteiger partial charge < -0.3 is 5.32 Å². The van der Waals surface area contributed by atoms with Crippen LogP contribution in [0.5, 0.6) is 0 Å². The van der Waals surface area contributed by atoms with Gasteiger partial charge in [0.2, 0.25) is 0 Å². The van der Waals surface area contributed by atoms with Crippen LogP contribution in [0.25, 0.3) is 11.3 Å². The van der Waals surface area contributed by atoms with E-state index in [0.717, 1.165) is 23.1 Å². The Morgan fingerprint density at radius 3 is 2.82 bits per heavy atom. The quantitative estimate of drug-likeness (QED) is 0.738. The summed E-state index contributed by atoms with van der Waals surface area (Å²) in [6.07, 6.45) is 1.85. The van der Waals surface area contributed by atoms with Crippen LogP contribution < -0.4 is 5.32 Å². The molecule has 0 saturated carbocycles. The molecule has 0 spiro atoms. The minimum Gasteiger partial charge on any atom is -0.311 e. The van der Waals surface area contributed by atoms with Gasteiger partial charge in [-0.3, -0.25) is 4.98 Å². The normalized spacial score (nSPS) is 17.2. The molecule has 22 heavy (non-hydrogen) atoms. The van der Waals surface area contributed by atoms with Crippen LogP contribution in [0.15, 0.2) is 54.7 Å². The van der Waals surface area contributed by atoms with E-state index >= 15 is 0 Å². The first kappa shape index (κ1) is 13.9. The number of fused-ring (bicyclic) bond motifs is 1. The first-order valence-corrected chi connectivity index (χ1v) is 8.51. The summed E-state index contributed by atoms with van der Waals surface area (Å²) in [6.45, 7) is 1.85. The summed E-state index contributed by atoms with van der Waals surface area (Å²) in [5.41, 5.74) is 4.89. The standard InChI is InChI=1S/C18H15ClN2S/c19-18-9-14-15(10-20-11-17(14)22-18)12-5-1-2-6-13(12)16-7-3-4-8-21-16/h1-9,15,20H,10-11H2. The number of halogens is 1. The maximum atomic E-state index is 6.24. The highest BCUT2D eigenvalue weighted by atomic mass is 35.5. The van der Waals surface area contributed by atoms with E-state index in [1.54, 1.807) is 11.3 Å². The van der Waals surface area contributed by atoms with E-state index in [-0.39, 0.29) is 0 Å². The third kappa shape index (κ3) is 2.45. The van der Waals surface area contributed by atoms with Crippen molar-refractivity contribution in [3.63, 3.8) is 0 Å². The zero-order valence-corrected chi connectivity index (χ0v) is 13.5. The van der Waals surface area contributed by atoms with Crippen molar-refractivity contribution in [3.05, 3.63) is 75.1 Å². The van der Waals surface area contributed by atoms with Crippen LogP contribution in [0, 0.1) is 0 Å². The van der Waals surface area contributed by atoms with Crippen LogP contribution in [0.1, 0.15) is 21.9 Å². The lowest BCUT2D eigenvalue weighted by Gasteiger charge is -2.25. The second-order valence-corrected chi connectivity index (χ2v) is 7.18. The number of pyridine rings is 1. The van der Waals surface area contributed by atoms with E-state index in [4.69, 9.17) is 11.6 Å². The number of benzene rings is 1. The van der Waals surface area contributed by atoms with E-state index in [2.05, 4.69) is 46.7 Å². The monoisotopic (exact) mass is 326 g/mol. The molecule has 0 aliphatic carbocycles. The summed E-state index contributed by atoms with van der Waals surface area (Å²) in [5, 5.41) is 3.51. The van der Waals surface area contributed by atoms with E-state index in [9.17, 15) is 0 Å². The molecule has 0 saturated heterocycles. The maximum Gasteiger partial charge on any atom is 0.0934 e. The Hall–Kier alpha value is -1.68. The SMILES string of the molecule is Clc1cc2c(s1)CNCC2c1ccccc1-c1ccccn1. The molecule has 1 aliphatic heterocycles. The van der Waals surface area contributed by atoms with Gasteiger partial charge in [0.15, 0.2) is 0 Å². The van der Waals surface area contributed by atoms with Crippen LogP contribution in [-0.4, -0.2) is 11.5 Å². The molecule has 2 nitrogen and oxygen atoms in total. The Bertz CT molecular complexity index is 798. The van der Waals surface area contributed by atoms with Crippen LogP contribution >= 0.6 is 22.9 Å². The number of rotatable bonds is 2. The number of aromatic nitrogens is 1. The third-order valence-electron chi connectivity index (χ3n) is 4.10. The fourth-order valence-corrected chi connectivity index (χ4v) is 4.43. The highest BCUT2D eigenvalue weighted by Crippen LogP contribution is 2.40. The summed E-state index contributed by atoms with van der Waals surface area (Å²) >= 11 is 7.92. The Morgan fingerprint density at radius 2 is 1.95 bits per heavy atom. The predicted octanol–water partition coefficient (Wildman–Crippen LogP) is 4.70. The van der Waals surface area contributed by atoms with E-state index in [0.29, 0.717) is 5.92 Å². The molecule has 0 fully saturated rings. The molecule has 0 radical (unpaired) electrons. The summed E-state index contributed by atoms with van der Waals surface area (Å²) in [5.74, 6) is 0.325. The lowest BCUT2D eigenvalue weighted by Crippen LogP contribution is -2.27. The van der Waals surface area contributed by atoms with Crippen molar-refractivity contribution in [2.24, 2.45) is 0 Å². The summed E-state index contributed by atoms with van der Waals surface area (Å²) < 4.78 is 0.869. The van der Waals surface area contributed by atoms with Crippen molar-refractivity contribution >= 4 is 22.9 Å². The van der Waals surface area contributed by atoms with Crippen LogP contribution in [0.2, 0.25) is 4.34 Å². The molecule has 4 heteroatoms. The van der Waals surface area contributed by atoms with E-state index in [1.165, 1.54) is 21.6 Å². The summed E-state index contributed by atoms with van der Waals surface area (Å²) in [7, 11) is 0. The van der Waals surface area contributed by atoms with Crippen LogP contribution in [0.3, 0.4) is 0 Å². The number of hydrogen-bond acceptors (Lipinski definition) is 3. The average Bonchev–Trinajstić information content (AvgIpc) is 2.96. The second kappa shape index (κ2) is 5.84. The van der Waals surface area contributed by atoms with Gasteiger partial charge in [0, 0.05) is 35.6 Å². The lowest BCUT2D eigenvalue weighted by atomic mass is 9.85. The molecule has 4 rings (SSSR count). The molecule has 0 bridgehead atoms. The van der Waals surface area contributed by atoms with Crippen molar-refractivity contribution in [1.82, 2.24) is 10.3 Å². The van der Waals surface area contributed by atoms with E-state index in [1.807, 2.05) is 18.3 Å². The molecule has 1 unspecified atom stereocenters. The smallest absolute Gasteiger partial charge is 0.0934 e. The van der Waals surface area contributed by atoms with Crippen molar-refractivity contribution < 1.29 is 0 Å². The number of thiophene rings is 1. The lowest BCUT2D eigenvalue weighted by molar-refractivity contribution is 0.601. The Morgan fingerprint density at radius 1 is 1.09 bits per heavy atom. The van der Waals surface area contributed by atoms with Gasteiger partial charge in [-0.15, -0.1) is 11.3 Å². The maximum absolute atomic E-state index is 6.24. The van der Waals surface area contributed by atoms with Gasteiger partial charge in [-0.25, -0.2) is 0 Å². The van der Waals surface area contributed by atoms with E-state index < -0.39 is 0 Å². The molecular weight excluding hydrogens is 312 g/mol. The molecule has 0 amide bonds. The summed E-state index contributed by atoms with van der Waals surface area (Å²) in [6, 6.07) is 16.7. The van der Waals surface area contributed by atoms with Gasteiger partial charge in [0.25, 0.3) is 0 Å². The van der Waals surface area contributed by atoms with Gasteiger partial charge in [-0.05, 0) is 29.3 Å². The zero-order chi connectivity index (χ0) is 14.9. The minimum absolute atomic E-state index is 0.325. The Labute approximate surface area is 138 Å². The third-order valence-corrected chi connectivity index (χ3v) is 5.38. The highest BCUT2D eigenvalue weighted by molar-refractivity contribution is 7.16. The molecule has 1 aromatic carbocycles. The largest absolute Gasteiger partial charge is 0.311 e. The van der Waals surface area contributed by atoms with Crippen molar-refractivity contribution in [1.29, 1.82) is 0 Å². The van der Waals surface area contributed by atoms with Gasteiger partial charge in [0.1, 0.15) is 0 Å². The molecule has 3 heterocycles. The van der Waals surface area contributed by atoms with Gasteiger partial charge >= 0.3 is 0 Å². The Balaban J connectivity index is 1.85. The predicted molar refractivity (Wildman–Crippen MR) is 92.6 cm³/mol. The molecule has 2 aromatic heterocycles. The van der Waals surface area contributed by atoms with Gasteiger partial charge in [-0.2, -0.15) is 0 Å². The van der Waals surface area contributed by atoms with Crippen molar-refractivity contribution in [2.45, 2.75) is 12.5 Å². The molecule has 1 aliphatic rings. The van der Waals surface area contributed by atoms with Crippen molar-refractivity contribution in [2.75, 3.05) is 6.54 Å². The minimum atomic E-state index is 0.325. The van der Waals surface area contributed by atoms with Crippen LogP contribution in [-0.2, 0) is 6.54 Å². The molecule has 1 atom stereocenters. The number of nitrogens with one attached hydrogen (secondary N) is 1. The second-order valence-electron chi connectivity index (χ2n) is 5.41. The number of hydrogen-bond donors (Lipinski definition) is 1. The van der Waals surface area contributed by atoms with Crippen LogP contribution in [0.4, 0.5) is 0 Å². The molecular formula is C18H15ClN2S. The number of nitrogens with zero attached hydrogens (tertiary/aromatic N) is 1. The molecule has 110 valence electrons. The Kier molecular flexibility index (Phi) is 3.70. The average molecular weight is 327 g/mol. The van der Waals surface area contributed by atoms with Gasteiger partial charge in [-0.1, -0.05) is 41.9 Å². The fraction of sp³-hybridized carbons (Fsp3) is 0.167. The van der Waals surface area contributed by atoms with Gasteiger partial charge in [0.05, 0.1) is 10.0 Å². The zero-order valence-electron chi connectivity index (χ0n) is 11.9. The fourth-order valence-electron chi connectivity index (χ4n) is 3.12.